The van der Waals surface area contributed by atoms with Crippen LogP contribution in [0.25, 0.3) is 0 Å². The molecule has 0 aromatic rings. The Hall–Kier alpha value is 0.00247. The summed E-state index contributed by atoms with van der Waals surface area (Å²) >= 11 is 0. The first-order chi connectivity index (χ1) is 6.16. The third kappa shape index (κ3) is 41.1. The van der Waals surface area contributed by atoms with E-state index >= 15 is 0 Å². The van der Waals surface area contributed by atoms with Crippen LogP contribution in [0.4, 0.5) is 0 Å². The summed E-state index contributed by atoms with van der Waals surface area (Å²) in [6.07, 6.45) is 2.13. The Labute approximate surface area is 106 Å². The third-order valence-corrected chi connectivity index (χ3v) is 1.16. The molecule has 0 heterocycles. The van der Waals surface area contributed by atoms with Gasteiger partial charge in [-0.3, -0.25) is 4.79 Å². The Kier molecular flexibility index (Phi) is 14.3. The maximum atomic E-state index is 10.0. The first-order valence-corrected chi connectivity index (χ1v) is 5.07. The monoisotopic (exact) mass is 252 g/mol. The van der Waals surface area contributed by atoms with E-state index in [1.54, 1.807) is 0 Å². The van der Waals surface area contributed by atoms with Crippen LogP contribution in [-0.2, 0) is 22.2 Å². The van der Waals surface area contributed by atoms with Crippen LogP contribution in [0, 0.1) is 25.2 Å². The first kappa shape index (κ1) is 20.4. The Morgan fingerprint density at radius 2 is 1.73 bits per heavy atom. The van der Waals surface area contributed by atoms with Crippen LogP contribution in [0.2, 0.25) is 0 Å². The van der Waals surface area contributed by atoms with Gasteiger partial charge in [-0.05, 0) is 0 Å². The largest absolute Gasteiger partial charge is 2.00 e. The van der Waals surface area contributed by atoms with E-state index in [2.05, 4.69) is 34.6 Å². The average molecular weight is 252 g/mol. The van der Waals surface area contributed by atoms with Crippen LogP contribution in [0.15, 0.2) is 0 Å². The molecule has 0 fully saturated rings. The molecule has 1 N–H and O–H groups in total. The fraction of sp³-hybridized carbons (Fsp3) is 0.750. The molecule has 0 saturated carbocycles. The van der Waals surface area contributed by atoms with Gasteiger partial charge >= 0.3 is 23.3 Å². The minimum atomic E-state index is -0.747. The summed E-state index contributed by atoms with van der Waals surface area (Å²) in [6.45, 7) is 15.7. The summed E-state index contributed by atoms with van der Waals surface area (Å²) in [5.41, 5.74) is 0.250. The Morgan fingerprint density at radius 1 is 1.40 bits per heavy atom. The number of carbonyl (C=O) groups is 1. The van der Waals surface area contributed by atoms with Gasteiger partial charge in [-0.1, -0.05) is 40.5 Å². The average Bonchev–Trinajstić information content (AvgIpc) is 1.80. The molecule has 15 heavy (non-hydrogen) atoms. The molecular weight excluding hydrogens is 228 g/mol. The van der Waals surface area contributed by atoms with Crippen LogP contribution in [0.5, 0.6) is 0 Å². The molecule has 0 aliphatic heterocycles. The van der Waals surface area contributed by atoms with E-state index in [9.17, 15) is 4.79 Å². The van der Waals surface area contributed by atoms with Gasteiger partial charge in [-0.25, -0.2) is 0 Å². The first-order valence-electron chi connectivity index (χ1n) is 5.07. The van der Waals surface area contributed by atoms with Crippen molar-refractivity contribution in [1.82, 2.24) is 0 Å². The quantitative estimate of drug-likeness (QED) is 0.776. The van der Waals surface area contributed by atoms with Gasteiger partial charge in [0.15, 0.2) is 0 Å². The molecule has 1 atom stereocenters. The normalized spacial score (nSPS) is 11.9. The predicted octanol–water partition coefficient (Wildman–Crippen LogP) is 3.58. The van der Waals surface area contributed by atoms with E-state index in [1.807, 2.05) is 6.92 Å². The number of hydrogen-bond donors (Lipinski definition) is 1. The predicted molar refractivity (Wildman–Crippen MR) is 60.8 cm³/mol. The van der Waals surface area contributed by atoms with Crippen molar-refractivity contribution in [2.24, 2.45) is 11.3 Å². The molecule has 0 bridgehead atoms. The van der Waals surface area contributed by atoms with E-state index in [0.717, 1.165) is 12.8 Å². The van der Waals surface area contributed by atoms with Gasteiger partial charge in [0.05, 0.1) is 0 Å². The number of carboxylic acid groups (broad SMARTS) is 1. The standard InChI is InChI=1S/C7H13O2.C5H11.Cr/c1-3-4-6(2)5-7(8)9;1-5(2,3)4;/h6H,2-5H2,1H3,(H,8,9);1H2,2-4H3;/q2*-1;+2. The third-order valence-electron chi connectivity index (χ3n) is 1.16. The minimum Gasteiger partial charge on any atom is -0.481 e. The molecule has 0 saturated heterocycles. The molecule has 90 valence electrons. The van der Waals surface area contributed by atoms with Crippen LogP contribution >= 0.6 is 0 Å². The second kappa shape index (κ2) is 10.5. The van der Waals surface area contributed by atoms with Crippen LogP contribution in [0.3, 0.4) is 0 Å². The van der Waals surface area contributed by atoms with Crippen molar-refractivity contribution >= 4 is 5.97 Å². The zero-order chi connectivity index (χ0) is 11.8. The molecule has 2 nitrogen and oxygen atoms in total. The van der Waals surface area contributed by atoms with E-state index < -0.39 is 5.97 Å². The summed E-state index contributed by atoms with van der Waals surface area (Å²) in [4.78, 5) is 10.0. The number of hydrogen-bond acceptors (Lipinski definition) is 1. The summed E-state index contributed by atoms with van der Waals surface area (Å²) in [5, 5.41) is 8.27. The number of rotatable bonds is 4. The molecule has 0 aromatic heterocycles. The second-order valence-corrected chi connectivity index (χ2v) is 4.81. The SMILES string of the molecule is [CH2-]C(C)(C)C.[CH2-]C(CCC)CC(=O)O.[Cr+2]. The molecule has 0 rings (SSSR count). The molecule has 0 spiro atoms. The molecule has 0 aromatic carbocycles. The topological polar surface area (TPSA) is 37.3 Å². The van der Waals surface area contributed by atoms with E-state index in [1.165, 1.54) is 0 Å². The van der Waals surface area contributed by atoms with Gasteiger partial charge in [-0.15, -0.1) is 0 Å². The van der Waals surface area contributed by atoms with E-state index in [4.69, 9.17) is 5.11 Å². The Balaban J connectivity index is -0.000000208. The van der Waals surface area contributed by atoms with Crippen LogP contribution < -0.4 is 0 Å². The number of carboxylic acids is 1. The molecule has 0 aliphatic carbocycles. The fourth-order valence-electron chi connectivity index (χ4n) is 0.757. The molecule has 0 aliphatic rings. The van der Waals surface area contributed by atoms with Crippen molar-refractivity contribution in [3.63, 3.8) is 0 Å². The summed E-state index contributed by atoms with van der Waals surface area (Å²) in [6, 6.07) is 0. The molecule has 0 radical (unpaired) electrons. The van der Waals surface area contributed by atoms with Gasteiger partial charge in [0.25, 0.3) is 0 Å². The van der Waals surface area contributed by atoms with E-state index in [0.29, 0.717) is 0 Å². The Bertz CT molecular complexity index is 144. The molecule has 0 amide bonds. The van der Waals surface area contributed by atoms with Crippen molar-refractivity contribution in [1.29, 1.82) is 0 Å². The smallest absolute Gasteiger partial charge is 0.481 e. The molecule has 1 unspecified atom stereocenters. The zero-order valence-electron chi connectivity index (χ0n) is 10.4. The molecular formula is C12H24CrO2. The van der Waals surface area contributed by atoms with Crippen molar-refractivity contribution in [2.75, 3.05) is 0 Å². The summed E-state index contributed by atoms with van der Waals surface area (Å²) < 4.78 is 0. The maximum absolute atomic E-state index is 10.0. The Morgan fingerprint density at radius 3 is 1.93 bits per heavy atom. The second-order valence-electron chi connectivity index (χ2n) is 4.81. The summed E-state index contributed by atoms with van der Waals surface area (Å²) in [7, 11) is 0. The van der Waals surface area contributed by atoms with Crippen LogP contribution in [-0.4, -0.2) is 11.1 Å². The van der Waals surface area contributed by atoms with Gasteiger partial charge in [0.2, 0.25) is 0 Å². The van der Waals surface area contributed by atoms with Crippen molar-refractivity contribution in [3.8, 4) is 0 Å². The fourth-order valence-corrected chi connectivity index (χ4v) is 0.757. The van der Waals surface area contributed by atoms with Crippen molar-refractivity contribution in [3.05, 3.63) is 13.8 Å². The van der Waals surface area contributed by atoms with Crippen molar-refractivity contribution < 1.29 is 27.3 Å². The van der Waals surface area contributed by atoms with Crippen LogP contribution in [0.1, 0.15) is 47.0 Å². The van der Waals surface area contributed by atoms with Gasteiger partial charge in [0, 0.05) is 6.42 Å². The number of aliphatic carboxylic acids is 1. The van der Waals surface area contributed by atoms with Crippen molar-refractivity contribution in [2.45, 2.75) is 47.0 Å². The van der Waals surface area contributed by atoms with E-state index in [-0.39, 0.29) is 35.1 Å². The van der Waals surface area contributed by atoms with Gasteiger partial charge in [0.1, 0.15) is 0 Å². The van der Waals surface area contributed by atoms with Gasteiger partial charge in [-0.2, -0.15) is 11.3 Å². The van der Waals surface area contributed by atoms with Gasteiger partial charge < -0.3 is 19.0 Å². The molecule has 3 heteroatoms. The minimum absolute atomic E-state index is 0. The zero-order valence-corrected chi connectivity index (χ0v) is 11.7. The summed E-state index contributed by atoms with van der Waals surface area (Å²) in [5.74, 6) is -0.657. The maximum Gasteiger partial charge on any atom is 2.00 e.